The number of rotatable bonds is 5. The number of carbonyl (C=O) groups excluding carboxylic acids is 2. The fourth-order valence-electron chi connectivity index (χ4n) is 4.12. The third-order valence-electron chi connectivity index (χ3n) is 5.84. The highest BCUT2D eigenvalue weighted by Gasteiger charge is 2.55. The molecule has 5 rings (SSSR count). The molecule has 0 saturated carbocycles. The maximum atomic E-state index is 13.0. The summed E-state index contributed by atoms with van der Waals surface area (Å²) in [5, 5.41) is 0. The molecule has 6 unspecified atom stereocenters. The van der Waals surface area contributed by atoms with Gasteiger partial charge in [-0.2, -0.15) is 0 Å². The molecule has 0 bridgehead atoms. The van der Waals surface area contributed by atoms with Crippen molar-refractivity contribution in [1.29, 1.82) is 0 Å². The van der Waals surface area contributed by atoms with E-state index in [1.165, 1.54) is 0 Å². The molecule has 0 N–H and O–H groups in total. The average Bonchev–Trinajstić information content (AvgIpc) is 3.31. The van der Waals surface area contributed by atoms with Crippen molar-refractivity contribution in [3.05, 3.63) is 108 Å². The molecule has 174 valence electrons. The summed E-state index contributed by atoms with van der Waals surface area (Å²) in [6.07, 6.45) is -4.74. The van der Waals surface area contributed by atoms with E-state index in [-0.39, 0.29) is 0 Å². The molecule has 0 spiro atoms. The van der Waals surface area contributed by atoms with Crippen molar-refractivity contribution < 1.29 is 33.3 Å². The van der Waals surface area contributed by atoms with Gasteiger partial charge in [0, 0.05) is 5.56 Å². The van der Waals surface area contributed by atoms with E-state index in [0.29, 0.717) is 11.1 Å². The maximum Gasteiger partial charge on any atom is 0.338 e. The SMILES string of the molecule is CC1OC2OC(c3ccccc3)OC2C(OC(=O)c2ccccc2)C1OC(=O)c1ccccc1. The predicted molar refractivity (Wildman–Crippen MR) is 121 cm³/mol. The van der Waals surface area contributed by atoms with Crippen LogP contribution in [-0.2, 0) is 23.7 Å². The molecule has 7 heteroatoms. The van der Waals surface area contributed by atoms with Crippen molar-refractivity contribution in [1.82, 2.24) is 0 Å². The van der Waals surface area contributed by atoms with Gasteiger partial charge in [0.2, 0.25) is 0 Å². The molecule has 0 radical (unpaired) electrons. The molecule has 3 aromatic carbocycles. The maximum absolute atomic E-state index is 13.0. The molecule has 0 aliphatic carbocycles. The molecule has 2 fully saturated rings. The molecule has 2 saturated heterocycles. The lowest BCUT2D eigenvalue weighted by Crippen LogP contribution is -2.58. The Morgan fingerprint density at radius 3 is 1.71 bits per heavy atom. The van der Waals surface area contributed by atoms with Gasteiger partial charge >= 0.3 is 11.9 Å². The number of fused-ring (bicyclic) bond motifs is 1. The second-order valence-electron chi connectivity index (χ2n) is 8.16. The van der Waals surface area contributed by atoms with Gasteiger partial charge in [0.25, 0.3) is 0 Å². The van der Waals surface area contributed by atoms with Crippen LogP contribution in [0.3, 0.4) is 0 Å². The topological polar surface area (TPSA) is 80.3 Å². The van der Waals surface area contributed by atoms with Crippen molar-refractivity contribution in [2.24, 2.45) is 0 Å². The summed E-state index contributed by atoms with van der Waals surface area (Å²) in [6, 6.07) is 26.7. The summed E-state index contributed by atoms with van der Waals surface area (Å²) in [6.45, 7) is 1.75. The van der Waals surface area contributed by atoms with Crippen LogP contribution in [-0.4, -0.2) is 42.6 Å². The number of carbonyl (C=O) groups is 2. The van der Waals surface area contributed by atoms with E-state index in [4.69, 9.17) is 23.7 Å². The minimum atomic E-state index is -0.942. The largest absolute Gasteiger partial charge is 0.452 e. The summed E-state index contributed by atoms with van der Waals surface area (Å²) in [5.74, 6) is -1.09. The number of hydrogen-bond acceptors (Lipinski definition) is 7. The van der Waals surface area contributed by atoms with Crippen molar-refractivity contribution >= 4 is 11.9 Å². The second kappa shape index (κ2) is 9.77. The zero-order valence-corrected chi connectivity index (χ0v) is 18.5. The first kappa shape index (κ1) is 22.3. The van der Waals surface area contributed by atoms with Crippen molar-refractivity contribution in [2.75, 3.05) is 0 Å². The molecule has 2 aliphatic rings. The monoisotopic (exact) mass is 460 g/mol. The first-order valence-electron chi connectivity index (χ1n) is 11.1. The highest BCUT2D eigenvalue weighted by atomic mass is 16.8. The summed E-state index contributed by atoms with van der Waals surface area (Å²) in [7, 11) is 0. The Morgan fingerprint density at radius 1 is 0.647 bits per heavy atom. The molecule has 34 heavy (non-hydrogen) atoms. The van der Waals surface area contributed by atoms with Crippen LogP contribution in [0.25, 0.3) is 0 Å². The van der Waals surface area contributed by atoms with Gasteiger partial charge in [-0.25, -0.2) is 9.59 Å². The Hall–Kier alpha value is -3.52. The highest BCUT2D eigenvalue weighted by molar-refractivity contribution is 5.90. The Kier molecular flexibility index (Phi) is 6.40. The molecular formula is C27H24O7. The van der Waals surface area contributed by atoms with Crippen LogP contribution in [0.4, 0.5) is 0 Å². The highest BCUT2D eigenvalue weighted by Crippen LogP contribution is 2.40. The van der Waals surface area contributed by atoms with E-state index in [0.717, 1.165) is 5.56 Å². The van der Waals surface area contributed by atoms with E-state index in [2.05, 4.69) is 0 Å². The molecular weight excluding hydrogens is 436 g/mol. The van der Waals surface area contributed by atoms with Crippen LogP contribution in [0.2, 0.25) is 0 Å². The molecule has 3 aromatic rings. The van der Waals surface area contributed by atoms with E-state index >= 15 is 0 Å². The van der Waals surface area contributed by atoms with Gasteiger partial charge in [-0.15, -0.1) is 0 Å². The van der Waals surface area contributed by atoms with Gasteiger partial charge in [0.05, 0.1) is 17.2 Å². The van der Waals surface area contributed by atoms with E-state index < -0.39 is 48.9 Å². The molecule has 2 heterocycles. The normalized spacial score (nSPS) is 28.0. The zero-order valence-electron chi connectivity index (χ0n) is 18.5. The lowest BCUT2D eigenvalue weighted by Gasteiger charge is -2.40. The van der Waals surface area contributed by atoms with Crippen molar-refractivity contribution in [3.8, 4) is 0 Å². The number of hydrogen-bond donors (Lipinski definition) is 0. The van der Waals surface area contributed by atoms with Gasteiger partial charge in [-0.05, 0) is 31.2 Å². The third-order valence-corrected chi connectivity index (χ3v) is 5.84. The summed E-state index contributed by atoms with van der Waals surface area (Å²) < 4.78 is 29.9. The Morgan fingerprint density at radius 2 is 1.15 bits per heavy atom. The molecule has 0 aromatic heterocycles. The summed E-state index contributed by atoms with van der Waals surface area (Å²) in [4.78, 5) is 25.8. The van der Waals surface area contributed by atoms with Gasteiger partial charge in [-0.3, -0.25) is 0 Å². The lowest BCUT2D eigenvalue weighted by molar-refractivity contribution is -0.241. The van der Waals surface area contributed by atoms with Gasteiger partial charge in [0.1, 0.15) is 0 Å². The predicted octanol–water partition coefficient (Wildman–Crippen LogP) is 4.30. The Bertz CT molecular complexity index is 1120. The first-order valence-corrected chi connectivity index (χ1v) is 11.1. The summed E-state index contributed by atoms with van der Waals surface area (Å²) >= 11 is 0. The van der Waals surface area contributed by atoms with Gasteiger partial charge < -0.3 is 23.7 Å². The number of esters is 2. The minimum absolute atomic E-state index is 0.379. The molecule has 6 atom stereocenters. The Balaban J connectivity index is 1.42. The standard InChI is InChI=1S/C27H24O7/c1-17-21(31-24(28)18-11-5-2-6-12-18)22(32-25(29)19-13-7-3-8-14-19)23-27(30-17)34-26(33-23)20-15-9-4-10-16-20/h2-17,21-23,26-27H,1H3. The van der Waals surface area contributed by atoms with E-state index in [1.54, 1.807) is 55.5 Å². The van der Waals surface area contributed by atoms with Crippen LogP contribution in [0.5, 0.6) is 0 Å². The fourth-order valence-corrected chi connectivity index (χ4v) is 4.12. The van der Waals surface area contributed by atoms with Gasteiger partial charge in [-0.1, -0.05) is 66.7 Å². The second-order valence-corrected chi connectivity index (χ2v) is 8.16. The van der Waals surface area contributed by atoms with Crippen LogP contribution in [0.15, 0.2) is 91.0 Å². The smallest absolute Gasteiger partial charge is 0.338 e. The first-order chi connectivity index (χ1) is 16.6. The van der Waals surface area contributed by atoms with Crippen molar-refractivity contribution in [3.63, 3.8) is 0 Å². The average molecular weight is 460 g/mol. The van der Waals surface area contributed by atoms with Crippen LogP contribution in [0.1, 0.15) is 39.5 Å². The van der Waals surface area contributed by atoms with Crippen molar-refractivity contribution in [2.45, 2.75) is 43.9 Å². The quantitative estimate of drug-likeness (QED) is 0.525. The van der Waals surface area contributed by atoms with Crippen LogP contribution >= 0.6 is 0 Å². The van der Waals surface area contributed by atoms with Crippen LogP contribution in [0, 0.1) is 0 Å². The number of ether oxygens (including phenoxy) is 5. The molecule has 7 nitrogen and oxygen atoms in total. The van der Waals surface area contributed by atoms with E-state index in [9.17, 15) is 9.59 Å². The fraction of sp³-hybridized carbons (Fsp3) is 0.259. The Labute approximate surface area is 197 Å². The minimum Gasteiger partial charge on any atom is -0.452 e. The molecule has 0 amide bonds. The summed E-state index contributed by atoms with van der Waals surface area (Å²) in [5.41, 5.74) is 1.57. The lowest BCUT2D eigenvalue weighted by atomic mass is 9.99. The van der Waals surface area contributed by atoms with E-state index in [1.807, 2.05) is 42.5 Å². The third kappa shape index (κ3) is 4.59. The van der Waals surface area contributed by atoms with Crippen LogP contribution < -0.4 is 0 Å². The molecule has 2 aliphatic heterocycles. The number of benzene rings is 3. The zero-order chi connectivity index (χ0) is 23.5. The van der Waals surface area contributed by atoms with Gasteiger partial charge in [0.15, 0.2) is 30.9 Å².